The summed E-state index contributed by atoms with van der Waals surface area (Å²) in [6.45, 7) is 1.34. The normalized spacial score (nSPS) is 12.2. The molecule has 0 aliphatic rings. The quantitative estimate of drug-likeness (QED) is 0.847. The lowest BCUT2D eigenvalue weighted by Gasteiger charge is -2.11. The van der Waals surface area contributed by atoms with Crippen molar-refractivity contribution in [1.82, 2.24) is 0 Å². The van der Waals surface area contributed by atoms with E-state index in [0.717, 1.165) is 6.07 Å². The summed E-state index contributed by atoms with van der Waals surface area (Å²) in [6.07, 6.45) is -1.06. The van der Waals surface area contributed by atoms with Crippen LogP contribution in [0.3, 0.4) is 0 Å². The average molecular weight is 219 g/mol. The molecule has 3 nitrogen and oxygen atoms in total. The highest BCUT2D eigenvalue weighted by Gasteiger charge is 2.14. The summed E-state index contributed by atoms with van der Waals surface area (Å²) >= 11 is 5.66. The van der Waals surface area contributed by atoms with Crippen molar-refractivity contribution >= 4 is 17.6 Å². The van der Waals surface area contributed by atoms with E-state index in [1.54, 1.807) is 0 Å². The molecular formula is C9H8ClFO3. The van der Waals surface area contributed by atoms with Crippen LogP contribution in [-0.2, 0) is 4.79 Å². The van der Waals surface area contributed by atoms with Gasteiger partial charge < -0.3 is 9.84 Å². The molecule has 0 saturated carbocycles. The van der Waals surface area contributed by atoms with E-state index in [0.29, 0.717) is 0 Å². The predicted molar refractivity (Wildman–Crippen MR) is 49.1 cm³/mol. The van der Waals surface area contributed by atoms with Crippen LogP contribution in [0.1, 0.15) is 6.92 Å². The lowest BCUT2D eigenvalue weighted by Crippen LogP contribution is -2.23. The van der Waals surface area contributed by atoms with Crippen molar-refractivity contribution in [2.45, 2.75) is 13.0 Å². The fraction of sp³-hybridized carbons (Fsp3) is 0.222. The van der Waals surface area contributed by atoms with Gasteiger partial charge >= 0.3 is 5.97 Å². The molecule has 0 bridgehead atoms. The van der Waals surface area contributed by atoms with Gasteiger partial charge in [-0.3, -0.25) is 0 Å². The van der Waals surface area contributed by atoms with Gasteiger partial charge in [0.15, 0.2) is 6.10 Å². The minimum Gasteiger partial charge on any atom is -0.479 e. The van der Waals surface area contributed by atoms with E-state index in [1.807, 2.05) is 0 Å². The van der Waals surface area contributed by atoms with Crippen molar-refractivity contribution < 1.29 is 19.0 Å². The van der Waals surface area contributed by atoms with Crippen LogP contribution in [0.25, 0.3) is 0 Å². The van der Waals surface area contributed by atoms with E-state index in [9.17, 15) is 9.18 Å². The number of aliphatic carboxylic acids is 1. The summed E-state index contributed by atoms with van der Waals surface area (Å²) in [6, 6.07) is 3.52. The lowest BCUT2D eigenvalue weighted by molar-refractivity contribution is -0.144. The van der Waals surface area contributed by atoms with Crippen LogP contribution < -0.4 is 4.74 Å². The maximum atomic E-state index is 12.7. The molecule has 0 fully saturated rings. The zero-order valence-corrected chi connectivity index (χ0v) is 8.08. The molecule has 0 saturated heterocycles. The summed E-state index contributed by atoms with van der Waals surface area (Å²) in [5.74, 6) is -1.63. The van der Waals surface area contributed by atoms with Gasteiger partial charge in [-0.1, -0.05) is 11.6 Å². The smallest absolute Gasteiger partial charge is 0.344 e. The SMILES string of the molecule is CC(Oc1cc(F)ccc1Cl)C(=O)O. The van der Waals surface area contributed by atoms with Crippen molar-refractivity contribution in [2.24, 2.45) is 0 Å². The number of rotatable bonds is 3. The number of carboxylic acid groups (broad SMARTS) is 1. The number of ether oxygens (including phenoxy) is 1. The van der Waals surface area contributed by atoms with Crippen LogP contribution in [0.4, 0.5) is 4.39 Å². The van der Waals surface area contributed by atoms with E-state index >= 15 is 0 Å². The molecule has 1 aromatic carbocycles. The summed E-state index contributed by atoms with van der Waals surface area (Å²) in [5.41, 5.74) is 0. The topological polar surface area (TPSA) is 46.5 Å². The summed E-state index contributed by atoms with van der Waals surface area (Å²) < 4.78 is 17.6. The number of halogens is 2. The number of hydrogen-bond donors (Lipinski definition) is 1. The minimum atomic E-state index is -1.13. The molecule has 0 aromatic heterocycles. The second kappa shape index (κ2) is 4.28. The zero-order valence-electron chi connectivity index (χ0n) is 7.33. The van der Waals surface area contributed by atoms with Gasteiger partial charge in [-0.05, 0) is 19.1 Å². The molecule has 0 aliphatic carbocycles. The Morgan fingerprint density at radius 1 is 1.64 bits per heavy atom. The summed E-state index contributed by atoms with van der Waals surface area (Å²) in [4.78, 5) is 10.4. The third-order valence-corrected chi connectivity index (χ3v) is 1.86. The van der Waals surface area contributed by atoms with Gasteiger partial charge in [-0.2, -0.15) is 0 Å². The fourth-order valence-corrected chi connectivity index (χ4v) is 0.970. The first-order valence-corrected chi connectivity index (χ1v) is 4.23. The highest BCUT2D eigenvalue weighted by Crippen LogP contribution is 2.25. The van der Waals surface area contributed by atoms with Gasteiger partial charge in [-0.25, -0.2) is 9.18 Å². The molecule has 0 amide bonds. The molecular weight excluding hydrogens is 211 g/mol. The largest absolute Gasteiger partial charge is 0.479 e. The van der Waals surface area contributed by atoms with Gasteiger partial charge in [0.05, 0.1) is 5.02 Å². The highest BCUT2D eigenvalue weighted by atomic mass is 35.5. The molecule has 0 heterocycles. The molecule has 5 heteroatoms. The fourth-order valence-electron chi connectivity index (χ4n) is 0.808. The van der Waals surface area contributed by atoms with Crippen LogP contribution in [0.15, 0.2) is 18.2 Å². The lowest BCUT2D eigenvalue weighted by atomic mass is 10.3. The van der Waals surface area contributed by atoms with Crippen molar-refractivity contribution in [1.29, 1.82) is 0 Å². The summed E-state index contributed by atoms with van der Waals surface area (Å²) in [7, 11) is 0. The van der Waals surface area contributed by atoms with Crippen LogP contribution in [0, 0.1) is 5.82 Å². The molecule has 0 radical (unpaired) electrons. The van der Waals surface area contributed by atoms with E-state index in [4.69, 9.17) is 21.4 Å². The molecule has 14 heavy (non-hydrogen) atoms. The number of carbonyl (C=O) groups is 1. The van der Waals surface area contributed by atoms with E-state index in [2.05, 4.69) is 0 Å². The van der Waals surface area contributed by atoms with Gasteiger partial charge in [0.2, 0.25) is 0 Å². The number of benzene rings is 1. The van der Waals surface area contributed by atoms with Gasteiger partial charge in [0, 0.05) is 6.07 Å². The second-order valence-electron chi connectivity index (χ2n) is 2.67. The van der Waals surface area contributed by atoms with E-state index in [-0.39, 0.29) is 10.8 Å². The molecule has 1 atom stereocenters. The molecule has 1 aromatic rings. The third kappa shape index (κ3) is 2.60. The molecule has 0 spiro atoms. The predicted octanol–water partition coefficient (Wildman–Crippen LogP) is 2.33. The van der Waals surface area contributed by atoms with Crippen LogP contribution in [0.2, 0.25) is 5.02 Å². The number of hydrogen-bond acceptors (Lipinski definition) is 2. The van der Waals surface area contributed by atoms with Crippen LogP contribution >= 0.6 is 11.6 Å². The maximum Gasteiger partial charge on any atom is 0.344 e. The van der Waals surface area contributed by atoms with Crippen molar-refractivity contribution in [3.63, 3.8) is 0 Å². The first kappa shape index (κ1) is 10.8. The Hall–Kier alpha value is -1.29. The Morgan fingerprint density at radius 2 is 2.29 bits per heavy atom. The highest BCUT2D eigenvalue weighted by molar-refractivity contribution is 6.32. The molecule has 1 rings (SSSR count). The van der Waals surface area contributed by atoms with Gasteiger partial charge in [0.25, 0.3) is 0 Å². The first-order valence-electron chi connectivity index (χ1n) is 3.85. The third-order valence-electron chi connectivity index (χ3n) is 1.54. The first-order chi connectivity index (χ1) is 6.50. The van der Waals surface area contributed by atoms with Gasteiger partial charge in [0.1, 0.15) is 11.6 Å². The zero-order chi connectivity index (χ0) is 10.7. The Morgan fingerprint density at radius 3 is 2.86 bits per heavy atom. The number of carboxylic acids is 1. The van der Waals surface area contributed by atoms with Crippen LogP contribution in [-0.4, -0.2) is 17.2 Å². The molecule has 1 N–H and O–H groups in total. The van der Waals surface area contributed by atoms with Crippen LogP contribution in [0.5, 0.6) is 5.75 Å². The van der Waals surface area contributed by atoms with E-state index < -0.39 is 17.9 Å². The Kier molecular flexibility index (Phi) is 3.30. The second-order valence-corrected chi connectivity index (χ2v) is 3.08. The Bertz CT molecular complexity index is 354. The van der Waals surface area contributed by atoms with Crippen molar-refractivity contribution in [2.75, 3.05) is 0 Å². The van der Waals surface area contributed by atoms with Crippen molar-refractivity contribution in [3.05, 3.63) is 29.0 Å². The van der Waals surface area contributed by atoms with E-state index in [1.165, 1.54) is 19.1 Å². The Balaban J connectivity index is 2.85. The van der Waals surface area contributed by atoms with Gasteiger partial charge in [-0.15, -0.1) is 0 Å². The standard InChI is InChI=1S/C9H8ClFO3/c1-5(9(12)13)14-8-4-6(11)2-3-7(8)10/h2-5H,1H3,(H,12,13). The summed E-state index contributed by atoms with van der Waals surface area (Å²) in [5, 5.41) is 8.72. The molecule has 1 unspecified atom stereocenters. The monoisotopic (exact) mass is 218 g/mol. The van der Waals surface area contributed by atoms with Crippen molar-refractivity contribution in [3.8, 4) is 5.75 Å². The maximum absolute atomic E-state index is 12.7. The minimum absolute atomic E-state index is 0.0292. The average Bonchev–Trinajstić information content (AvgIpc) is 2.11. The molecule has 76 valence electrons. The Labute approximate surface area is 85.1 Å². The molecule has 0 aliphatic heterocycles.